The molecule has 1 N–H and O–H groups in total. The molecule has 4 nitrogen and oxygen atoms in total. The molecule has 22 heavy (non-hydrogen) atoms. The maximum atomic E-state index is 11.4. The van der Waals surface area contributed by atoms with Crippen molar-refractivity contribution in [3.63, 3.8) is 0 Å². The maximum Gasteiger partial charge on any atom is 0.228 e. The van der Waals surface area contributed by atoms with Gasteiger partial charge >= 0.3 is 0 Å². The first kappa shape index (κ1) is 14.9. The van der Waals surface area contributed by atoms with Gasteiger partial charge in [-0.2, -0.15) is 0 Å². The minimum absolute atomic E-state index is 0.0691. The van der Waals surface area contributed by atoms with Crippen molar-refractivity contribution >= 4 is 45.9 Å². The number of carbonyl (C=O) groups is 1. The Bertz CT molecular complexity index is 858. The molecule has 1 aromatic heterocycles. The van der Waals surface area contributed by atoms with Crippen LogP contribution in [0.25, 0.3) is 22.6 Å². The molecule has 0 saturated carbocycles. The zero-order valence-corrected chi connectivity index (χ0v) is 13.2. The molecule has 1 heterocycles. The van der Waals surface area contributed by atoms with E-state index in [4.69, 9.17) is 27.6 Å². The lowest BCUT2D eigenvalue weighted by Crippen LogP contribution is -2.09. The van der Waals surface area contributed by atoms with Crippen molar-refractivity contribution < 1.29 is 9.21 Å². The number of fused-ring (bicyclic) bond motifs is 1. The molecule has 0 unspecified atom stereocenters. The predicted molar refractivity (Wildman–Crippen MR) is 88.4 cm³/mol. The number of carbonyl (C=O) groups excluding carboxylic acids is 1. The molecule has 0 aliphatic heterocycles. The summed E-state index contributed by atoms with van der Waals surface area (Å²) in [5.74, 6) is 0.343. The van der Waals surface area contributed by atoms with Crippen LogP contribution in [0.2, 0.25) is 10.0 Å². The van der Waals surface area contributed by atoms with Crippen LogP contribution >= 0.6 is 23.2 Å². The number of oxazole rings is 1. The molecule has 3 aromatic rings. The van der Waals surface area contributed by atoms with Crippen molar-refractivity contribution in [2.75, 3.05) is 5.32 Å². The van der Waals surface area contributed by atoms with E-state index in [1.807, 2.05) is 0 Å². The van der Waals surface area contributed by atoms with Gasteiger partial charge in [-0.05, 0) is 36.4 Å². The SMILES string of the molecule is CCC(=O)Nc1ccc(-c2nc3cc(Cl)ccc3o2)c(Cl)c1. The van der Waals surface area contributed by atoms with Gasteiger partial charge in [0.1, 0.15) is 5.52 Å². The molecule has 0 atom stereocenters. The summed E-state index contributed by atoms with van der Waals surface area (Å²) in [6.45, 7) is 1.79. The van der Waals surface area contributed by atoms with E-state index in [0.29, 0.717) is 44.7 Å². The van der Waals surface area contributed by atoms with Crippen LogP contribution in [0.1, 0.15) is 13.3 Å². The van der Waals surface area contributed by atoms with Crippen molar-refractivity contribution in [1.29, 1.82) is 0 Å². The summed E-state index contributed by atoms with van der Waals surface area (Å²) in [6, 6.07) is 10.4. The highest BCUT2D eigenvalue weighted by Gasteiger charge is 2.13. The van der Waals surface area contributed by atoms with E-state index in [1.165, 1.54) is 0 Å². The number of aromatic nitrogens is 1. The molecule has 1 amide bonds. The van der Waals surface area contributed by atoms with E-state index in [1.54, 1.807) is 43.3 Å². The Morgan fingerprint density at radius 2 is 2.05 bits per heavy atom. The number of hydrogen-bond donors (Lipinski definition) is 1. The van der Waals surface area contributed by atoms with Gasteiger partial charge < -0.3 is 9.73 Å². The van der Waals surface area contributed by atoms with Crippen molar-refractivity contribution in [1.82, 2.24) is 4.98 Å². The number of benzene rings is 2. The Morgan fingerprint density at radius 1 is 1.23 bits per heavy atom. The Kier molecular flexibility index (Phi) is 4.05. The predicted octanol–water partition coefficient (Wildman–Crippen LogP) is 5.15. The summed E-state index contributed by atoms with van der Waals surface area (Å²) in [6.07, 6.45) is 0.408. The molecule has 0 bridgehead atoms. The molecule has 0 radical (unpaired) electrons. The zero-order valence-electron chi connectivity index (χ0n) is 11.7. The number of amides is 1. The van der Waals surface area contributed by atoms with Crippen molar-refractivity contribution in [2.45, 2.75) is 13.3 Å². The maximum absolute atomic E-state index is 11.4. The van der Waals surface area contributed by atoms with Crippen LogP contribution in [-0.2, 0) is 4.79 Å². The molecular weight excluding hydrogens is 323 g/mol. The first-order valence-electron chi connectivity index (χ1n) is 6.72. The average Bonchev–Trinajstić information content (AvgIpc) is 2.89. The fourth-order valence-electron chi connectivity index (χ4n) is 2.03. The van der Waals surface area contributed by atoms with E-state index in [-0.39, 0.29) is 5.91 Å². The third-order valence-corrected chi connectivity index (χ3v) is 3.70. The molecule has 0 saturated heterocycles. The van der Waals surface area contributed by atoms with E-state index in [0.717, 1.165) is 0 Å². The fraction of sp³-hybridized carbons (Fsp3) is 0.125. The standard InChI is InChI=1S/C16H12Cl2N2O2/c1-2-15(21)19-10-4-5-11(12(18)8-10)16-20-13-7-9(17)3-6-14(13)22-16/h3-8H,2H2,1H3,(H,19,21). The van der Waals surface area contributed by atoms with Crippen LogP contribution in [0.4, 0.5) is 5.69 Å². The number of halogens is 2. The highest BCUT2D eigenvalue weighted by atomic mass is 35.5. The topological polar surface area (TPSA) is 55.1 Å². The smallest absolute Gasteiger partial charge is 0.228 e. The Balaban J connectivity index is 1.97. The molecule has 0 fully saturated rings. The van der Waals surface area contributed by atoms with Gasteiger partial charge in [0.05, 0.1) is 10.6 Å². The van der Waals surface area contributed by atoms with Gasteiger partial charge in [0.2, 0.25) is 11.8 Å². The molecule has 3 rings (SSSR count). The van der Waals surface area contributed by atoms with Crippen molar-refractivity contribution in [3.8, 4) is 11.5 Å². The molecule has 0 aliphatic rings. The number of hydrogen-bond acceptors (Lipinski definition) is 3. The van der Waals surface area contributed by atoms with Gasteiger partial charge in [0.25, 0.3) is 0 Å². The molecule has 112 valence electrons. The molecule has 6 heteroatoms. The number of nitrogens with one attached hydrogen (secondary N) is 1. The minimum atomic E-state index is -0.0691. The van der Waals surface area contributed by atoms with Gasteiger partial charge in [-0.15, -0.1) is 0 Å². The number of anilines is 1. The Hall–Kier alpha value is -2.04. The van der Waals surface area contributed by atoms with E-state index < -0.39 is 0 Å². The third kappa shape index (κ3) is 2.93. The molecular formula is C16H12Cl2N2O2. The van der Waals surface area contributed by atoms with E-state index in [2.05, 4.69) is 10.3 Å². The van der Waals surface area contributed by atoms with Crippen LogP contribution in [0, 0.1) is 0 Å². The monoisotopic (exact) mass is 334 g/mol. The van der Waals surface area contributed by atoms with Crippen molar-refractivity contribution in [3.05, 3.63) is 46.4 Å². The lowest BCUT2D eigenvalue weighted by Gasteiger charge is -2.06. The van der Waals surface area contributed by atoms with Crippen LogP contribution in [-0.4, -0.2) is 10.9 Å². The molecule has 2 aromatic carbocycles. The molecule has 0 spiro atoms. The number of rotatable bonds is 3. The highest BCUT2D eigenvalue weighted by Crippen LogP contribution is 2.32. The van der Waals surface area contributed by atoms with Gasteiger partial charge in [-0.25, -0.2) is 4.98 Å². The minimum Gasteiger partial charge on any atom is -0.436 e. The second kappa shape index (κ2) is 5.99. The first-order valence-corrected chi connectivity index (χ1v) is 7.48. The zero-order chi connectivity index (χ0) is 15.7. The van der Waals surface area contributed by atoms with Gasteiger partial charge in [-0.3, -0.25) is 4.79 Å². The van der Waals surface area contributed by atoms with E-state index >= 15 is 0 Å². The lowest BCUT2D eigenvalue weighted by molar-refractivity contribution is -0.115. The van der Waals surface area contributed by atoms with Crippen LogP contribution in [0.3, 0.4) is 0 Å². The summed E-state index contributed by atoms with van der Waals surface area (Å²) in [7, 11) is 0. The first-order chi connectivity index (χ1) is 10.6. The summed E-state index contributed by atoms with van der Waals surface area (Å²) in [5.41, 5.74) is 2.60. The Morgan fingerprint density at radius 3 is 2.77 bits per heavy atom. The van der Waals surface area contributed by atoms with Gasteiger partial charge in [0, 0.05) is 17.1 Å². The Labute approximate surface area is 137 Å². The summed E-state index contributed by atoms with van der Waals surface area (Å²) in [4.78, 5) is 15.8. The van der Waals surface area contributed by atoms with Gasteiger partial charge in [0.15, 0.2) is 5.58 Å². The normalized spacial score (nSPS) is 10.9. The van der Waals surface area contributed by atoms with Crippen LogP contribution in [0.15, 0.2) is 40.8 Å². The van der Waals surface area contributed by atoms with Crippen molar-refractivity contribution in [2.24, 2.45) is 0 Å². The van der Waals surface area contributed by atoms with Crippen LogP contribution in [0.5, 0.6) is 0 Å². The summed E-state index contributed by atoms with van der Waals surface area (Å²) >= 11 is 12.2. The average molecular weight is 335 g/mol. The quantitative estimate of drug-likeness (QED) is 0.720. The van der Waals surface area contributed by atoms with Crippen LogP contribution < -0.4 is 5.32 Å². The highest BCUT2D eigenvalue weighted by molar-refractivity contribution is 6.33. The second-order valence-electron chi connectivity index (χ2n) is 4.73. The van der Waals surface area contributed by atoms with Gasteiger partial charge in [-0.1, -0.05) is 30.1 Å². The molecule has 0 aliphatic carbocycles. The fourth-order valence-corrected chi connectivity index (χ4v) is 2.46. The lowest BCUT2D eigenvalue weighted by atomic mass is 10.2. The third-order valence-electron chi connectivity index (χ3n) is 3.15. The summed E-state index contributed by atoms with van der Waals surface area (Å²) < 4.78 is 5.69. The number of nitrogens with zero attached hydrogens (tertiary/aromatic N) is 1. The van der Waals surface area contributed by atoms with E-state index in [9.17, 15) is 4.79 Å². The second-order valence-corrected chi connectivity index (χ2v) is 5.57. The largest absolute Gasteiger partial charge is 0.436 e. The summed E-state index contributed by atoms with van der Waals surface area (Å²) in [5, 5.41) is 3.80.